The van der Waals surface area contributed by atoms with Crippen molar-refractivity contribution in [2.24, 2.45) is 5.10 Å². The van der Waals surface area contributed by atoms with E-state index in [0.717, 1.165) is 24.5 Å². The van der Waals surface area contributed by atoms with Crippen LogP contribution < -0.4 is 15.5 Å². The molecule has 8 heteroatoms. The van der Waals surface area contributed by atoms with Gasteiger partial charge in [0.25, 0.3) is 0 Å². The van der Waals surface area contributed by atoms with Crippen molar-refractivity contribution in [2.45, 2.75) is 6.92 Å². The van der Waals surface area contributed by atoms with Crippen LogP contribution in [-0.2, 0) is 0 Å². The third-order valence-corrected chi connectivity index (χ3v) is 5.18. The van der Waals surface area contributed by atoms with Crippen molar-refractivity contribution in [3.05, 3.63) is 54.9 Å². The van der Waals surface area contributed by atoms with Gasteiger partial charge in [-0.1, -0.05) is 21.9 Å². The van der Waals surface area contributed by atoms with Crippen molar-refractivity contribution in [1.82, 2.24) is 5.43 Å². The molecular formula is C18H14Br3N3O2. The number of hydrazone groups is 1. The van der Waals surface area contributed by atoms with E-state index in [1.807, 2.05) is 19.1 Å². The molecule has 0 spiro atoms. The van der Waals surface area contributed by atoms with E-state index < -0.39 is 6.03 Å². The van der Waals surface area contributed by atoms with Crippen LogP contribution in [0, 0.1) is 19.3 Å². The minimum atomic E-state index is -0.435. The Bertz CT molecular complexity index is 869. The molecule has 0 saturated heterocycles. The fourth-order valence-electron chi connectivity index (χ4n) is 1.95. The molecule has 2 N–H and O–H groups in total. The summed E-state index contributed by atoms with van der Waals surface area (Å²) < 4.78 is 7.86. The SMILES string of the molecule is C#CCOc1c(Br)cc(/C=N/NC(=O)Nc2ccc(Br)c(C)c2)cc1Br. The second-order valence-electron chi connectivity index (χ2n) is 5.09. The fraction of sp³-hybridized carbons (Fsp3) is 0.111. The quantitative estimate of drug-likeness (QED) is 0.299. The molecule has 0 radical (unpaired) electrons. The molecule has 0 unspecified atom stereocenters. The lowest BCUT2D eigenvalue weighted by Crippen LogP contribution is -2.24. The zero-order chi connectivity index (χ0) is 19.1. The number of nitrogens with one attached hydrogen (secondary N) is 2. The van der Waals surface area contributed by atoms with E-state index in [1.54, 1.807) is 18.2 Å². The number of aryl methyl sites for hydroxylation is 1. The third kappa shape index (κ3) is 5.87. The number of carbonyl (C=O) groups is 1. The molecule has 0 aliphatic rings. The summed E-state index contributed by atoms with van der Waals surface area (Å²) in [7, 11) is 0. The molecule has 2 aromatic rings. The van der Waals surface area contributed by atoms with Gasteiger partial charge < -0.3 is 10.1 Å². The summed E-state index contributed by atoms with van der Waals surface area (Å²) in [5.74, 6) is 3.02. The number of nitrogens with zero attached hydrogens (tertiary/aromatic N) is 1. The van der Waals surface area contributed by atoms with Crippen LogP contribution >= 0.6 is 47.8 Å². The first-order chi connectivity index (χ1) is 12.4. The Morgan fingerprint density at radius 2 is 1.92 bits per heavy atom. The van der Waals surface area contributed by atoms with Gasteiger partial charge in [0.05, 0.1) is 15.2 Å². The summed E-state index contributed by atoms with van der Waals surface area (Å²) in [6, 6.07) is 8.69. The molecule has 0 bridgehead atoms. The molecule has 0 saturated carbocycles. The number of anilines is 1. The van der Waals surface area contributed by atoms with Crippen molar-refractivity contribution in [1.29, 1.82) is 0 Å². The Hall–Kier alpha value is -1.82. The molecule has 0 aliphatic heterocycles. The first-order valence-electron chi connectivity index (χ1n) is 7.32. The highest BCUT2D eigenvalue weighted by molar-refractivity contribution is 9.11. The molecule has 134 valence electrons. The Morgan fingerprint density at radius 3 is 2.54 bits per heavy atom. The Morgan fingerprint density at radius 1 is 1.23 bits per heavy atom. The Labute approximate surface area is 177 Å². The van der Waals surface area contributed by atoms with E-state index in [9.17, 15) is 4.79 Å². The molecule has 2 aromatic carbocycles. The largest absolute Gasteiger partial charge is 0.479 e. The van der Waals surface area contributed by atoms with E-state index in [4.69, 9.17) is 11.2 Å². The van der Waals surface area contributed by atoms with Crippen molar-refractivity contribution in [3.8, 4) is 18.1 Å². The maximum Gasteiger partial charge on any atom is 0.339 e. The number of halogens is 3. The topological polar surface area (TPSA) is 62.7 Å². The lowest BCUT2D eigenvalue weighted by Gasteiger charge is -2.09. The van der Waals surface area contributed by atoms with Crippen LogP contribution in [0.4, 0.5) is 10.5 Å². The lowest BCUT2D eigenvalue weighted by molar-refractivity contribution is 0.252. The normalized spacial score (nSPS) is 10.4. The van der Waals surface area contributed by atoms with Crippen LogP contribution in [-0.4, -0.2) is 18.9 Å². The minimum Gasteiger partial charge on any atom is -0.479 e. The van der Waals surface area contributed by atoms with E-state index in [1.165, 1.54) is 6.21 Å². The molecule has 0 heterocycles. The second kappa shape index (κ2) is 9.76. The van der Waals surface area contributed by atoms with Crippen LogP contribution in [0.5, 0.6) is 5.75 Å². The average molecular weight is 544 g/mol. The van der Waals surface area contributed by atoms with Crippen molar-refractivity contribution < 1.29 is 9.53 Å². The molecule has 0 aliphatic carbocycles. The molecule has 26 heavy (non-hydrogen) atoms. The smallest absolute Gasteiger partial charge is 0.339 e. The molecular weight excluding hydrogens is 530 g/mol. The molecule has 5 nitrogen and oxygen atoms in total. The van der Waals surface area contributed by atoms with Gasteiger partial charge in [0.2, 0.25) is 0 Å². The van der Waals surface area contributed by atoms with Crippen molar-refractivity contribution in [2.75, 3.05) is 11.9 Å². The van der Waals surface area contributed by atoms with Gasteiger partial charge in [0.1, 0.15) is 12.4 Å². The average Bonchev–Trinajstić information content (AvgIpc) is 2.57. The number of hydrogen-bond donors (Lipinski definition) is 2. The van der Waals surface area contributed by atoms with Gasteiger partial charge >= 0.3 is 6.03 Å². The number of urea groups is 1. The summed E-state index contributed by atoms with van der Waals surface area (Å²) in [6.45, 7) is 2.11. The lowest BCUT2D eigenvalue weighted by atomic mass is 10.2. The van der Waals surface area contributed by atoms with Crippen LogP contribution in [0.15, 0.2) is 48.9 Å². The van der Waals surface area contributed by atoms with Crippen LogP contribution in [0.2, 0.25) is 0 Å². The summed E-state index contributed by atoms with van der Waals surface area (Å²) in [4.78, 5) is 11.9. The highest BCUT2D eigenvalue weighted by Gasteiger charge is 2.08. The van der Waals surface area contributed by atoms with Gasteiger partial charge in [-0.2, -0.15) is 5.10 Å². The first kappa shape index (κ1) is 20.5. The van der Waals surface area contributed by atoms with Crippen LogP contribution in [0.1, 0.15) is 11.1 Å². The van der Waals surface area contributed by atoms with Crippen molar-refractivity contribution >= 4 is 65.7 Å². The van der Waals surface area contributed by atoms with Crippen LogP contribution in [0.3, 0.4) is 0 Å². The van der Waals surface area contributed by atoms with Crippen molar-refractivity contribution in [3.63, 3.8) is 0 Å². The zero-order valence-electron chi connectivity index (χ0n) is 13.6. The monoisotopic (exact) mass is 541 g/mol. The standard InChI is InChI=1S/C18H14Br3N3O2/c1-3-6-26-17-15(20)8-12(9-16(17)21)10-22-24-18(25)23-13-4-5-14(19)11(2)7-13/h1,4-5,7-10H,6H2,2H3,(H2,23,24,25)/b22-10+. The summed E-state index contributed by atoms with van der Waals surface area (Å²) >= 11 is 10.2. The molecule has 0 atom stereocenters. The Kier molecular flexibility index (Phi) is 7.69. The highest BCUT2D eigenvalue weighted by Crippen LogP contribution is 2.34. The minimum absolute atomic E-state index is 0.169. The Balaban J connectivity index is 1.98. The van der Waals surface area contributed by atoms with E-state index in [2.05, 4.69) is 69.6 Å². The van der Waals surface area contributed by atoms with Gasteiger partial charge in [-0.05, 0) is 80.2 Å². The van der Waals surface area contributed by atoms with E-state index in [0.29, 0.717) is 11.4 Å². The summed E-state index contributed by atoms with van der Waals surface area (Å²) in [5, 5.41) is 6.65. The van der Waals surface area contributed by atoms with Gasteiger partial charge in [-0.15, -0.1) is 6.42 Å². The first-order valence-corrected chi connectivity index (χ1v) is 9.70. The number of benzene rings is 2. The number of rotatable bonds is 5. The van der Waals surface area contributed by atoms with Gasteiger partial charge in [-0.25, -0.2) is 10.2 Å². The molecule has 2 rings (SSSR count). The number of carbonyl (C=O) groups excluding carboxylic acids is 1. The van der Waals surface area contributed by atoms with E-state index >= 15 is 0 Å². The summed E-state index contributed by atoms with van der Waals surface area (Å²) in [6.07, 6.45) is 6.72. The van der Waals surface area contributed by atoms with Gasteiger partial charge in [0.15, 0.2) is 0 Å². The van der Waals surface area contributed by atoms with Gasteiger partial charge in [-0.3, -0.25) is 0 Å². The number of ether oxygens (including phenoxy) is 1. The number of amides is 2. The second-order valence-corrected chi connectivity index (χ2v) is 7.66. The predicted octanol–water partition coefficient (Wildman–Crippen LogP) is 5.45. The van der Waals surface area contributed by atoms with Crippen LogP contribution in [0.25, 0.3) is 0 Å². The number of terminal acetylenes is 1. The molecule has 0 fully saturated rings. The maximum atomic E-state index is 11.9. The maximum absolute atomic E-state index is 11.9. The third-order valence-electron chi connectivity index (χ3n) is 3.12. The molecule has 0 aromatic heterocycles. The van der Waals surface area contributed by atoms with E-state index in [-0.39, 0.29) is 6.61 Å². The van der Waals surface area contributed by atoms with Gasteiger partial charge in [0, 0.05) is 10.2 Å². The zero-order valence-corrected chi connectivity index (χ0v) is 18.4. The predicted molar refractivity (Wildman–Crippen MR) is 115 cm³/mol. The summed E-state index contributed by atoms with van der Waals surface area (Å²) in [5.41, 5.74) is 4.88. The highest BCUT2D eigenvalue weighted by atomic mass is 79.9. The molecule has 2 amide bonds. The number of hydrogen-bond acceptors (Lipinski definition) is 3. The fourth-order valence-corrected chi connectivity index (χ4v) is 3.65.